The molecule has 1 unspecified atom stereocenters. The molecule has 0 saturated carbocycles. The van der Waals surface area contributed by atoms with E-state index >= 15 is 0 Å². The molecule has 1 aromatic heterocycles. The van der Waals surface area contributed by atoms with Gasteiger partial charge in [-0.25, -0.2) is 4.39 Å². The molecular weight excluding hydrogens is 191 g/mol. The third-order valence-electron chi connectivity index (χ3n) is 2.42. The van der Waals surface area contributed by atoms with E-state index in [2.05, 4.69) is 4.98 Å². The topological polar surface area (TPSA) is 38.9 Å². The Bertz CT molecular complexity index is 482. The first-order valence-corrected chi connectivity index (χ1v) is 4.92. The number of nitrogens with zero attached hydrogens (tertiary/aromatic N) is 1. The lowest BCUT2D eigenvalue weighted by Crippen LogP contribution is -2.07. The number of hydrogen-bond acceptors (Lipinski definition) is 2. The van der Waals surface area contributed by atoms with Gasteiger partial charge in [0.25, 0.3) is 0 Å². The molecule has 2 nitrogen and oxygen atoms in total. The third-order valence-corrected chi connectivity index (χ3v) is 2.42. The van der Waals surface area contributed by atoms with E-state index in [4.69, 9.17) is 5.73 Å². The van der Waals surface area contributed by atoms with Gasteiger partial charge < -0.3 is 5.73 Å². The summed E-state index contributed by atoms with van der Waals surface area (Å²) in [6, 6.07) is 9.25. The molecule has 2 N–H and O–H groups in total. The van der Waals surface area contributed by atoms with E-state index < -0.39 is 6.17 Å². The summed E-state index contributed by atoms with van der Waals surface area (Å²) in [6.07, 6.45) is -1.09. The van der Waals surface area contributed by atoms with Gasteiger partial charge in [0, 0.05) is 17.6 Å². The van der Waals surface area contributed by atoms with Crippen molar-refractivity contribution in [3.8, 4) is 0 Å². The van der Waals surface area contributed by atoms with Crippen molar-refractivity contribution >= 4 is 10.9 Å². The minimum atomic E-state index is -1.09. The van der Waals surface area contributed by atoms with Crippen molar-refractivity contribution in [2.45, 2.75) is 13.1 Å². The maximum absolute atomic E-state index is 13.3. The van der Waals surface area contributed by atoms with E-state index in [1.54, 1.807) is 12.1 Å². The lowest BCUT2D eigenvalue weighted by atomic mass is 10.1. The highest BCUT2D eigenvalue weighted by Gasteiger charge is 2.07. The zero-order valence-electron chi connectivity index (χ0n) is 8.57. The maximum atomic E-state index is 13.3. The number of rotatable bonds is 2. The molecule has 0 radical (unpaired) electrons. The van der Waals surface area contributed by atoms with Gasteiger partial charge in [0.2, 0.25) is 0 Å². The summed E-state index contributed by atoms with van der Waals surface area (Å²) in [5.74, 6) is 0. The van der Waals surface area contributed by atoms with Crippen LogP contribution in [0.2, 0.25) is 0 Å². The fourth-order valence-corrected chi connectivity index (χ4v) is 1.58. The molecule has 15 heavy (non-hydrogen) atoms. The van der Waals surface area contributed by atoms with E-state index in [0.717, 1.165) is 16.6 Å². The Kier molecular flexibility index (Phi) is 2.64. The smallest absolute Gasteiger partial charge is 0.137 e. The molecule has 2 aromatic rings. The number of alkyl halides is 1. The van der Waals surface area contributed by atoms with Crippen LogP contribution in [0.15, 0.2) is 30.3 Å². The quantitative estimate of drug-likeness (QED) is 0.816. The second kappa shape index (κ2) is 3.95. The average molecular weight is 204 g/mol. The highest BCUT2D eigenvalue weighted by molar-refractivity contribution is 5.79. The van der Waals surface area contributed by atoms with E-state index in [1.807, 2.05) is 25.1 Å². The van der Waals surface area contributed by atoms with Crippen molar-refractivity contribution in [1.82, 2.24) is 4.98 Å². The van der Waals surface area contributed by atoms with Gasteiger partial charge in [0.05, 0.1) is 5.52 Å². The summed E-state index contributed by atoms with van der Waals surface area (Å²) in [5.41, 5.74) is 7.76. The van der Waals surface area contributed by atoms with Crippen molar-refractivity contribution < 1.29 is 4.39 Å². The predicted octanol–water partition coefficient (Wildman–Crippen LogP) is 2.51. The van der Waals surface area contributed by atoms with Gasteiger partial charge in [0.1, 0.15) is 6.17 Å². The summed E-state index contributed by atoms with van der Waals surface area (Å²) >= 11 is 0. The number of aryl methyl sites for hydroxylation is 1. The van der Waals surface area contributed by atoms with E-state index in [0.29, 0.717) is 5.56 Å². The van der Waals surface area contributed by atoms with E-state index in [-0.39, 0.29) is 6.54 Å². The molecule has 1 atom stereocenters. The Morgan fingerprint density at radius 3 is 2.87 bits per heavy atom. The molecule has 0 amide bonds. The number of halogens is 1. The van der Waals surface area contributed by atoms with Gasteiger partial charge in [-0.3, -0.25) is 4.98 Å². The van der Waals surface area contributed by atoms with Crippen LogP contribution in [0.4, 0.5) is 4.39 Å². The first-order valence-electron chi connectivity index (χ1n) is 4.92. The maximum Gasteiger partial charge on any atom is 0.137 e. The summed E-state index contributed by atoms with van der Waals surface area (Å²) in [7, 11) is 0. The van der Waals surface area contributed by atoms with Crippen molar-refractivity contribution in [1.29, 1.82) is 0 Å². The van der Waals surface area contributed by atoms with Gasteiger partial charge in [-0.2, -0.15) is 0 Å². The molecule has 3 heteroatoms. The summed E-state index contributed by atoms with van der Waals surface area (Å²) in [4.78, 5) is 4.35. The molecule has 0 aliphatic rings. The average Bonchev–Trinajstić information content (AvgIpc) is 2.27. The normalized spacial score (nSPS) is 13.0. The van der Waals surface area contributed by atoms with Gasteiger partial charge in [-0.05, 0) is 30.7 Å². The fourth-order valence-electron chi connectivity index (χ4n) is 1.58. The number of fused-ring (bicyclic) bond motifs is 1. The fraction of sp³-hybridized carbons (Fsp3) is 0.250. The molecule has 0 aliphatic heterocycles. The molecule has 0 saturated heterocycles. The molecular formula is C12H13FN2. The monoisotopic (exact) mass is 204 g/mol. The van der Waals surface area contributed by atoms with E-state index in [1.165, 1.54) is 0 Å². The van der Waals surface area contributed by atoms with Crippen LogP contribution >= 0.6 is 0 Å². The zero-order chi connectivity index (χ0) is 10.8. The molecule has 0 bridgehead atoms. The van der Waals surface area contributed by atoms with Crippen LogP contribution in [0, 0.1) is 6.92 Å². The van der Waals surface area contributed by atoms with Crippen LogP contribution in [0.1, 0.15) is 17.4 Å². The summed E-state index contributed by atoms with van der Waals surface area (Å²) < 4.78 is 13.3. The zero-order valence-corrected chi connectivity index (χ0v) is 8.57. The minimum absolute atomic E-state index is 0.0186. The molecule has 0 aliphatic carbocycles. The Balaban J connectivity index is 2.52. The van der Waals surface area contributed by atoms with Gasteiger partial charge >= 0.3 is 0 Å². The van der Waals surface area contributed by atoms with Crippen LogP contribution < -0.4 is 5.73 Å². The first-order chi connectivity index (χ1) is 7.20. The van der Waals surface area contributed by atoms with Gasteiger partial charge in [0.15, 0.2) is 0 Å². The number of hydrogen-bond donors (Lipinski definition) is 1. The molecule has 0 spiro atoms. The van der Waals surface area contributed by atoms with Gasteiger partial charge in [-0.1, -0.05) is 12.1 Å². The lowest BCUT2D eigenvalue weighted by molar-refractivity contribution is 0.353. The molecule has 78 valence electrons. The number of benzene rings is 1. The van der Waals surface area contributed by atoms with E-state index in [9.17, 15) is 4.39 Å². The van der Waals surface area contributed by atoms with Crippen molar-refractivity contribution in [2.75, 3.05) is 6.54 Å². The van der Waals surface area contributed by atoms with Crippen LogP contribution in [0.25, 0.3) is 10.9 Å². The van der Waals surface area contributed by atoms with Crippen LogP contribution in [0.5, 0.6) is 0 Å². The third kappa shape index (κ3) is 1.97. The van der Waals surface area contributed by atoms with Crippen LogP contribution in [-0.4, -0.2) is 11.5 Å². The van der Waals surface area contributed by atoms with Gasteiger partial charge in [-0.15, -0.1) is 0 Å². The number of aromatic nitrogens is 1. The molecule has 1 heterocycles. The predicted molar refractivity (Wildman–Crippen MR) is 59.4 cm³/mol. The number of nitrogens with two attached hydrogens (primary N) is 1. The molecule has 2 rings (SSSR count). The Hall–Kier alpha value is -1.48. The van der Waals surface area contributed by atoms with Crippen molar-refractivity contribution in [3.63, 3.8) is 0 Å². The second-order valence-corrected chi connectivity index (χ2v) is 3.61. The highest BCUT2D eigenvalue weighted by atomic mass is 19.1. The SMILES string of the molecule is Cc1ccc2cc(C(F)CN)ccc2n1. The van der Waals surface area contributed by atoms with Crippen LogP contribution in [-0.2, 0) is 0 Å². The summed E-state index contributed by atoms with van der Waals surface area (Å²) in [5, 5.41) is 0.953. The molecule has 1 aromatic carbocycles. The minimum Gasteiger partial charge on any atom is -0.327 e. The first kappa shape index (κ1) is 10.1. The second-order valence-electron chi connectivity index (χ2n) is 3.61. The lowest BCUT2D eigenvalue weighted by Gasteiger charge is -2.06. The highest BCUT2D eigenvalue weighted by Crippen LogP contribution is 2.21. The molecule has 0 fully saturated rings. The standard InChI is InChI=1S/C12H13FN2/c1-8-2-3-10-6-9(11(13)7-14)4-5-12(10)15-8/h2-6,11H,7,14H2,1H3. The largest absolute Gasteiger partial charge is 0.327 e. The van der Waals surface area contributed by atoms with Crippen molar-refractivity contribution in [3.05, 3.63) is 41.6 Å². The Morgan fingerprint density at radius 1 is 1.33 bits per heavy atom. The van der Waals surface area contributed by atoms with Crippen molar-refractivity contribution in [2.24, 2.45) is 5.73 Å². The number of pyridine rings is 1. The Morgan fingerprint density at radius 2 is 2.13 bits per heavy atom. The summed E-state index contributed by atoms with van der Waals surface area (Å²) in [6.45, 7) is 1.95. The van der Waals surface area contributed by atoms with Crippen LogP contribution in [0.3, 0.4) is 0 Å². The Labute approximate surface area is 87.9 Å².